The van der Waals surface area contributed by atoms with Crippen LogP contribution in [0.15, 0.2) is 6.20 Å². The molecule has 0 unspecified atom stereocenters. The predicted molar refractivity (Wildman–Crippen MR) is 60.4 cm³/mol. The summed E-state index contributed by atoms with van der Waals surface area (Å²) in [5.74, 6) is 5.78. The maximum atomic E-state index is 9.51. The number of hydrogen-bond acceptors (Lipinski definition) is 2. The zero-order valence-electron chi connectivity index (χ0n) is 9.83. The van der Waals surface area contributed by atoms with Crippen LogP contribution < -0.4 is 0 Å². The lowest BCUT2D eigenvalue weighted by molar-refractivity contribution is 0.143. The van der Waals surface area contributed by atoms with Crippen LogP contribution in [-0.4, -0.2) is 20.5 Å². The van der Waals surface area contributed by atoms with Crippen LogP contribution in [0.4, 0.5) is 0 Å². The number of hydrogen-bond donors (Lipinski definition) is 1. The van der Waals surface area contributed by atoms with Gasteiger partial charge in [-0.1, -0.05) is 25.2 Å². The Morgan fingerprint density at radius 2 is 2.20 bits per heavy atom. The van der Waals surface area contributed by atoms with Crippen molar-refractivity contribution < 1.29 is 5.11 Å². The van der Waals surface area contributed by atoms with Crippen LogP contribution in [0.3, 0.4) is 0 Å². The minimum absolute atomic E-state index is 0.918. The maximum Gasteiger partial charge on any atom is 0.120 e. The minimum atomic E-state index is -0.945. The van der Waals surface area contributed by atoms with E-state index in [0.29, 0.717) is 0 Å². The topological polar surface area (TPSA) is 38.0 Å². The van der Waals surface area contributed by atoms with Crippen LogP contribution in [0.25, 0.3) is 0 Å². The summed E-state index contributed by atoms with van der Waals surface area (Å²) >= 11 is 0. The highest BCUT2D eigenvalue weighted by atomic mass is 16.3. The van der Waals surface area contributed by atoms with E-state index < -0.39 is 5.60 Å². The molecule has 0 bridgehead atoms. The molecular formula is C12H18N2O. The second-order valence-electron chi connectivity index (χ2n) is 4.22. The van der Waals surface area contributed by atoms with Crippen molar-refractivity contribution in [3.63, 3.8) is 0 Å². The standard InChI is InChI=1S/C12H18N2O/c1-5-6-11-10(9-14(4)13-11)7-8-12(2,3)15/h9,15H,5-6H2,1-4H3. The molecule has 82 valence electrons. The van der Waals surface area contributed by atoms with Gasteiger partial charge in [0.2, 0.25) is 0 Å². The van der Waals surface area contributed by atoms with Gasteiger partial charge in [0.25, 0.3) is 0 Å². The summed E-state index contributed by atoms with van der Waals surface area (Å²) in [5, 5.41) is 13.8. The van der Waals surface area contributed by atoms with E-state index in [1.807, 2.05) is 13.2 Å². The highest BCUT2D eigenvalue weighted by Gasteiger charge is 2.08. The lowest BCUT2D eigenvalue weighted by atomic mass is 10.1. The van der Waals surface area contributed by atoms with Crippen molar-refractivity contribution in [1.29, 1.82) is 0 Å². The highest BCUT2D eigenvalue weighted by molar-refractivity contribution is 5.38. The average Bonchev–Trinajstić information content (AvgIpc) is 2.42. The van der Waals surface area contributed by atoms with Crippen molar-refractivity contribution in [3.05, 3.63) is 17.5 Å². The average molecular weight is 206 g/mol. The first-order valence-electron chi connectivity index (χ1n) is 5.20. The molecule has 3 heteroatoms. The van der Waals surface area contributed by atoms with Crippen LogP contribution >= 0.6 is 0 Å². The number of nitrogens with zero attached hydrogens (tertiary/aromatic N) is 2. The van der Waals surface area contributed by atoms with Crippen molar-refractivity contribution in [2.24, 2.45) is 7.05 Å². The lowest BCUT2D eigenvalue weighted by Gasteiger charge is -2.05. The second-order valence-corrected chi connectivity index (χ2v) is 4.22. The Kier molecular flexibility index (Phi) is 3.54. The van der Waals surface area contributed by atoms with Crippen LogP contribution in [0, 0.1) is 11.8 Å². The Hall–Kier alpha value is -1.27. The Labute approximate surface area is 91.1 Å². The molecule has 1 aromatic rings. The van der Waals surface area contributed by atoms with Gasteiger partial charge in [0, 0.05) is 13.2 Å². The van der Waals surface area contributed by atoms with Crippen molar-refractivity contribution in [2.45, 2.75) is 39.2 Å². The fourth-order valence-corrected chi connectivity index (χ4v) is 1.28. The third-order valence-electron chi connectivity index (χ3n) is 1.90. The third kappa shape index (κ3) is 3.77. The van der Waals surface area contributed by atoms with Crippen molar-refractivity contribution >= 4 is 0 Å². The second kappa shape index (κ2) is 4.50. The summed E-state index contributed by atoms with van der Waals surface area (Å²) in [6, 6.07) is 0. The number of aliphatic hydroxyl groups is 1. The van der Waals surface area contributed by atoms with E-state index in [0.717, 1.165) is 24.1 Å². The molecule has 1 heterocycles. The fraction of sp³-hybridized carbons (Fsp3) is 0.583. The molecule has 0 saturated heterocycles. The Bertz CT molecular complexity index is 388. The molecule has 0 fully saturated rings. The van der Waals surface area contributed by atoms with Gasteiger partial charge >= 0.3 is 0 Å². The SMILES string of the molecule is CCCc1nn(C)cc1C#CC(C)(C)O. The molecule has 0 radical (unpaired) electrons. The van der Waals surface area contributed by atoms with Gasteiger partial charge in [-0.15, -0.1) is 0 Å². The van der Waals surface area contributed by atoms with Gasteiger partial charge in [-0.3, -0.25) is 4.68 Å². The molecule has 0 aliphatic heterocycles. The van der Waals surface area contributed by atoms with E-state index in [9.17, 15) is 5.11 Å². The molecule has 0 saturated carbocycles. The van der Waals surface area contributed by atoms with Gasteiger partial charge in [0.05, 0.1) is 11.3 Å². The van der Waals surface area contributed by atoms with Crippen molar-refractivity contribution in [2.75, 3.05) is 0 Å². The number of aryl methyl sites for hydroxylation is 2. The number of rotatable bonds is 2. The molecule has 0 aromatic carbocycles. The van der Waals surface area contributed by atoms with E-state index >= 15 is 0 Å². The van der Waals surface area contributed by atoms with Crippen LogP contribution in [0.2, 0.25) is 0 Å². The van der Waals surface area contributed by atoms with Crippen LogP contribution in [0.5, 0.6) is 0 Å². The van der Waals surface area contributed by atoms with Crippen LogP contribution in [0.1, 0.15) is 38.4 Å². The highest BCUT2D eigenvalue weighted by Crippen LogP contribution is 2.08. The van der Waals surface area contributed by atoms with E-state index in [1.54, 1.807) is 18.5 Å². The largest absolute Gasteiger partial charge is 0.378 e. The van der Waals surface area contributed by atoms with Crippen molar-refractivity contribution in [1.82, 2.24) is 9.78 Å². The van der Waals surface area contributed by atoms with Gasteiger partial charge in [0.1, 0.15) is 5.60 Å². The summed E-state index contributed by atoms with van der Waals surface area (Å²) in [6.45, 7) is 5.47. The quantitative estimate of drug-likeness (QED) is 0.745. The van der Waals surface area contributed by atoms with E-state index in [-0.39, 0.29) is 0 Å². The van der Waals surface area contributed by atoms with E-state index in [1.165, 1.54) is 0 Å². The zero-order valence-corrected chi connectivity index (χ0v) is 9.83. The molecular weight excluding hydrogens is 188 g/mol. The molecule has 0 aliphatic carbocycles. The summed E-state index contributed by atoms with van der Waals surface area (Å²) in [5.41, 5.74) is 0.984. The molecule has 1 N–H and O–H groups in total. The molecule has 0 atom stereocenters. The lowest BCUT2D eigenvalue weighted by Crippen LogP contribution is -2.14. The third-order valence-corrected chi connectivity index (χ3v) is 1.90. The van der Waals surface area contributed by atoms with Gasteiger partial charge in [-0.2, -0.15) is 5.10 Å². The first-order valence-corrected chi connectivity index (χ1v) is 5.20. The Morgan fingerprint density at radius 3 is 2.73 bits per heavy atom. The molecule has 1 rings (SSSR count). The maximum absolute atomic E-state index is 9.51. The summed E-state index contributed by atoms with van der Waals surface area (Å²) in [6.07, 6.45) is 3.87. The van der Waals surface area contributed by atoms with Crippen LogP contribution in [-0.2, 0) is 13.5 Å². The van der Waals surface area contributed by atoms with E-state index in [4.69, 9.17) is 0 Å². The molecule has 0 amide bonds. The van der Waals surface area contributed by atoms with E-state index in [2.05, 4.69) is 23.9 Å². The Balaban J connectivity index is 2.96. The summed E-state index contributed by atoms with van der Waals surface area (Å²) < 4.78 is 1.76. The zero-order chi connectivity index (χ0) is 11.5. The smallest absolute Gasteiger partial charge is 0.120 e. The molecule has 0 aliphatic rings. The Morgan fingerprint density at radius 1 is 1.53 bits per heavy atom. The fourth-order valence-electron chi connectivity index (χ4n) is 1.28. The van der Waals surface area contributed by atoms with Crippen molar-refractivity contribution in [3.8, 4) is 11.8 Å². The van der Waals surface area contributed by atoms with Gasteiger partial charge in [0.15, 0.2) is 0 Å². The monoisotopic (exact) mass is 206 g/mol. The minimum Gasteiger partial charge on any atom is -0.378 e. The molecule has 15 heavy (non-hydrogen) atoms. The molecule has 3 nitrogen and oxygen atoms in total. The van der Waals surface area contributed by atoms with Gasteiger partial charge in [-0.05, 0) is 20.3 Å². The van der Waals surface area contributed by atoms with Gasteiger partial charge < -0.3 is 5.11 Å². The van der Waals surface area contributed by atoms with Gasteiger partial charge in [-0.25, -0.2) is 0 Å². The summed E-state index contributed by atoms with van der Waals surface area (Å²) in [4.78, 5) is 0. The first-order chi connectivity index (χ1) is 6.92. The number of aromatic nitrogens is 2. The molecule has 0 spiro atoms. The molecule has 1 aromatic heterocycles. The summed E-state index contributed by atoms with van der Waals surface area (Å²) in [7, 11) is 1.88. The normalized spacial score (nSPS) is 11.0. The predicted octanol–water partition coefficient (Wildman–Crippen LogP) is 1.50. The first kappa shape index (κ1) is 11.8.